The maximum absolute atomic E-state index is 6.38. The second-order valence-electron chi connectivity index (χ2n) is 7.91. The average molecular weight is 457 g/mol. The number of aryl methyl sites for hydroxylation is 1. The topological polar surface area (TPSA) is 87.0 Å². The summed E-state index contributed by atoms with van der Waals surface area (Å²) in [6, 6.07) is 10.1. The Morgan fingerprint density at radius 2 is 2.00 bits per heavy atom. The zero-order valence-corrected chi connectivity index (χ0v) is 18.9. The standard InChI is InChI=1S/C24H20N6O2S/c1-14(17-10-31-11-17)32-21-6-15(16-8-28-30(2)9-16)5-20-23(21)24(26-12-25-20)29-18-3-4-19-22(7-18)33-13-27-19/h3-9,12-13H,10-11H2,1-2H3,(H,25,26,29). The Hall–Kier alpha value is -3.82. The Bertz CT molecular complexity index is 1530. The third-order valence-corrected chi connectivity index (χ3v) is 6.44. The van der Waals surface area contributed by atoms with Gasteiger partial charge in [-0.15, -0.1) is 11.3 Å². The highest BCUT2D eigenvalue weighted by Gasteiger charge is 2.18. The van der Waals surface area contributed by atoms with Gasteiger partial charge >= 0.3 is 0 Å². The zero-order valence-electron chi connectivity index (χ0n) is 18.1. The van der Waals surface area contributed by atoms with Gasteiger partial charge in [-0.05, 0) is 42.8 Å². The van der Waals surface area contributed by atoms with Gasteiger partial charge in [0.15, 0.2) is 0 Å². The molecule has 0 amide bonds. The van der Waals surface area contributed by atoms with Crippen LogP contribution >= 0.6 is 11.3 Å². The lowest BCUT2D eigenvalue weighted by Gasteiger charge is -2.21. The quantitative estimate of drug-likeness (QED) is 0.370. The molecule has 1 fully saturated rings. The van der Waals surface area contributed by atoms with E-state index in [9.17, 15) is 0 Å². The molecule has 164 valence electrons. The summed E-state index contributed by atoms with van der Waals surface area (Å²) in [5.41, 5.74) is 7.65. The Kier molecular flexibility index (Phi) is 4.78. The normalized spacial score (nSPS) is 13.3. The van der Waals surface area contributed by atoms with Crippen molar-refractivity contribution in [1.29, 1.82) is 0 Å². The van der Waals surface area contributed by atoms with E-state index in [4.69, 9.17) is 9.47 Å². The van der Waals surface area contributed by atoms with Gasteiger partial charge in [0.2, 0.25) is 0 Å². The highest BCUT2D eigenvalue weighted by molar-refractivity contribution is 7.16. The van der Waals surface area contributed by atoms with E-state index in [2.05, 4.69) is 31.4 Å². The van der Waals surface area contributed by atoms with Crippen LogP contribution in [0, 0.1) is 0 Å². The molecule has 33 heavy (non-hydrogen) atoms. The number of allylic oxidation sites excluding steroid dienone is 1. The number of aromatic nitrogens is 5. The van der Waals surface area contributed by atoms with Gasteiger partial charge in [0, 0.05) is 30.1 Å². The van der Waals surface area contributed by atoms with Crippen LogP contribution in [0.25, 0.3) is 32.2 Å². The number of ether oxygens (including phenoxy) is 2. The van der Waals surface area contributed by atoms with E-state index >= 15 is 0 Å². The van der Waals surface area contributed by atoms with E-state index in [1.54, 1.807) is 22.3 Å². The van der Waals surface area contributed by atoms with Crippen LogP contribution in [0.15, 0.2) is 65.9 Å². The lowest BCUT2D eigenvalue weighted by atomic mass is 10.1. The Labute approximate surface area is 193 Å². The van der Waals surface area contributed by atoms with Crippen molar-refractivity contribution < 1.29 is 9.47 Å². The molecule has 0 aliphatic carbocycles. The Balaban J connectivity index is 1.49. The van der Waals surface area contributed by atoms with Crippen molar-refractivity contribution in [2.75, 3.05) is 18.5 Å². The van der Waals surface area contributed by atoms with E-state index in [0.29, 0.717) is 24.8 Å². The van der Waals surface area contributed by atoms with Crippen LogP contribution in [0.5, 0.6) is 5.75 Å². The van der Waals surface area contributed by atoms with Crippen molar-refractivity contribution in [1.82, 2.24) is 24.7 Å². The van der Waals surface area contributed by atoms with Gasteiger partial charge in [-0.3, -0.25) is 4.68 Å². The van der Waals surface area contributed by atoms with Crippen molar-refractivity contribution >= 4 is 44.0 Å². The fourth-order valence-corrected chi connectivity index (χ4v) is 4.50. The lowest BCUT2D eigenvalue weighted by molar-refractivity contribution is 0.0954. The smallest absolute Gasteiger partial charge is 0.145 e. The minimum atomic E-state index is 0.600. The molecule has 9 heteroatoms. The van der Waals surface area contributed by atoms with E-state index in [1.165, 1.54) is 0 Å². The summed E-state index contributed by atoms with van der Waals surface area (Å²) in [6.45, 7) is 3.17. The molecule has 1 N–H and O–H groups in total. The van der Waals surface area contributed by atoms with E-state index < -0.39 is 0 Å². The fraction of sp³-hybridized carbons (Fsp3) is 0.167. The maximum Gasteiger partial charge on any atom is 0.145 e. The van der Waals surface area contributed by atoms with Crippen LogP contribution in [0.4, 0.5) is 11.5 Å². The Morgan fingerprint density at radius 3 is 2.79 bits per heavy atom. The van der Waals surface area contributed by atoms with Crippen molar-refractivity contribution in [2.45, 2.75) is 6.92 Å². The van der Waals surface area contributed by atoms with Gasteiger partial charge in [-0.1, -0.05) is 0 Å². The molecule has 5 aromatic rings. The largest absolute Gasteiger partial charge is 0.461 e. The summed E-state index contributed by atoms with van der Waals surface area (Å²) < 4.78 is 14.6. The van der Waals surface area contributed by atoms with Gasteiger partial charge in [0.1, 0.15) is 23.7 Å². The molecule has 1 aliphatic heterocycles. The van der Waals surface area contributed by atoms with Gasteiger partial charge in [-0.2, -0.15) is 5.10 Å². The first-order valence-corrected chi connectivity index (χ1v) is 11.3. The molecule has 0 radical (unpaired) electrons. The van der Waals surface area contributed by atoms with E-state index in [-0.39, 0.29) is 0 Å². The molecule has 0 spiro atoms. The first kappa shape index (κ1) is 19.8. The second-order valence-corrected chi connectivity index (χ2v) is 8.79. The van der Waals surface area contributed by atoms with E-state index in [0.717, 1.165) is 49.3 Å². The number of rotatable bonds is 5. The summed E-state index contributed by atoms with van der Waals surface area (Å²) in [4.78, 5) is 13.5. The molecule has 2 aromatic carbocycles. The van der Waals surface area contributed by atoms with Gasteiger partial charge in [0.05, 0.1) is 46.0 Å². The summed E-state index contributed by atoms with van der Waals surface area (Å²) in [5, 5.41) is 8.58. The number of nitrogens with zero attached hydrogens (tertiary/aromatic N) is 5. The number of benzene rings is 2. The fourth-order valence-electron chi connectivity index (χ4n) is 3.78. The first-order chi connectivity index (χ1) is 16.1. The molecule has 4 heterocycles. The van der Waals surface area contributed by atoms with Crippen LogP contribution < -0.4 is 10.1 Å². The third-order valence-electron chi connectivity index (χ3n) is 5.65. The predicted octanol–water partition coefficient (Wildman–Crippen LogP) is 5.07. The SMILES string of the molecule is CC(Oc1cc(-c2cnn(C)c2)cc2ncnc(Nc3ccc4ncsc4c3)c12)=C1COC1. The molecule has 3 aromatic heterocycles. The van der Waals surface area contributed by atoms with Crippen molar-refractivity contribution in [2.24, 2.45) is 7.05 Å². The molecule has 0 bridgehead atoms. The number of fused-ring (bicyclic) bond motifs is 2. The van der Waals surface area contributed by atoms with Crippen LogP contribution in [0.3, 0.4) is 0 Å². The maximum atomic E-state index is 6.38. The molecular formula is C24H20N6O2S. The monoisotopic (exact) mass is 456 g/mol. The van der Waals surface area contributed by atoms with Gasteiger partial charge < -0.3 is 14.8 Å². The zero-order chi connectivity index (χ0) is 22.4. The number of hydrogen-bond donors (Lipinski definition) is 1. The third kappa shape index (κ3) is 3.71. The van der Waals surface area contributed by atoms with Crippen LogP contribution in [0.2, 0.25) is 0 Å². The number of hydrogen-bond acceptors (Lipinski definition) is 8. The van der Waals surface area contributed by atoms with Crippen LogP contribution in [0.1, 0.15) is 6.92 Å². The summed E-state index contributed by atoms with van der Waals surface area (Å²) in [5.74, 6) is 2.20. The van der Waals surface area contributed by atoms with Gasteiger partial charge in [0.25, 0.3) is 0 Å². The number of anilines is 2. The molecule has 8 nitrogen and oxygen atoms in total. The lowest BCUT2D eigenvalue weighted by Crippen LogP contribution is -2.19. The van der Waals surface area contributed by atoms with Crippen molar-refractivity contribution in [3.8, 4) is 16.9 Å². The van der Waals surface area contributed by atoms with Crippen LogP contribution in [-0.2, 0) is 11.8 Å². The molecule has 0 atom stereocenters. The molecule has 6 rings (SSSR count). The summed E-state index contributed by atoms with van der Waals surface area (Å²) >= 11 is 1.61. The predicted molar refractivity (Wildman–Crippen MR) is 129 cm³/mol. The summed E-state index contributed by atoms with van der Waals surface area (Å²) in [7, 11) is 1.90. The van der Waals surface area contributed by atoms with Crippen LogP contribution in [-0.4, -0.2) is 37.9 Å². The molecule has 0 saturated carbocycles. The Morgan fingerprint density at radius 1 is 1.09 bits per heavy atom. The molecule has 1 aliphatic rings. The van der Waals surface area contributed by atoms with Gasteiger partial charge in [-0.25, -0.2) is 15.0 Å². The van der Waals surface area contributed by atoms with Crippen molar-refractivity contribution in [3.05, 3.63) is 65.9 Å². The molecule has 0 unspecified atom stereocenters. The highest BCUT2D eigenvalue weighted by Crippen LogP contribution is 2.38. The minimum Gasteiger partial charge on any atom is -0.461 e. The molecular weight excluding hydrogens is 436 g/mol. The second kappa shape index (κ2) is 7.95. The highest BCUT2D eigenvalue weighted by atomic mass is 32.1. The van der Waals surface area contributed by atoms with Crippen molar-refractivity contribution in [3.63, 3.8) is 0 Å². The minimum absolute atomic E-state index is 0.600. The number of nitrogens with one attached hydrogen (secondary N) is 1. The average Bonchev–Trinajstić information content (AvgIpc) is 3.41. The first-order valence-electron chi connectivity index (χ1n) is 10.5. The van der Waals surface area contributed by atoms with E-state index in [1.807, 2.05) is 56.1 Å². The molecule has 1 saturated heterocycles. The summed E-state index contributed by atoms with van der Waals surface area (Å²) in [6.07, 6.45) is 5.37. The number of thiazole rings is 1.